The highest BCUT2D eigenvalue weighted by molar-refractivity contribution is 5.79. The minimum Gasteiger partial charge on any atom is -0.355 e. The lowest BCUT2D eigenvalue weighted by Crippen LogP contribution is -2.45. The molecular formula is C28H37N5O. The first-order valence-corrected chi connectivity index (χ1v) is 12.8. The van der Waals surface area contributed by atoms with Crippen LogP contribution in [0.15, 0.2) is 42.5 Å². The number of carbonyl (C=O) groups is 1. The van der Waals surface area contributed by atoms with Gasteiger partial charge in [0.2, 0.25) is 5.91 Å². The molecule has 0 aliphatic carbocycles. The molecule has 2 aliphatic heterocycles. The molecule has 0 spiro atoms. The summed E-state index contributed by atoms with van der Waals surface area (Å²) in [7, 11) is 0. The quantitative estimate of drug-likeness (QED) is 0.548. The molecular weight excluding hydrogens is 422 g/mol. The zero-order valence-electron chi connectivity index (χ0n) is 21.0. The van der Waals surface area contributed by atoms with Crippen molar-refractivity contribution in [1.82, 2.24) is 19.2 Å². The maximum atomic E-state index is 13.2. The number of likely N-dealkylation sites (tertiary alicyclic amines) is 1. The molecule has 4 heterocycles. The monoisotopic (exact) mass is 459 g/mol. The molecule has 34 heavy (non-hydrogen) atoms. The Morgan fingerprint density at radius 2 is 1.47 bits per heavy atom. The van der Waals surface area contributed by atoms with Crippen molar-refractivity contribution in [2.24, 2.45) is 11.8 Å². The van der Waals surface area contributed by atoms with Crippen LogP contribution < -0.4 is 4.90 Å². The van der Waals surface area contributed by atoms with E-state index in [1.165, 1.54) is 11.4 Å². The Bertz CT molecular complexity index is 1130. The highest BCUT2D eigenvalue weighted by Gasteiger charge is 2.33. The van der Waals surface area contributed by atoms with Crippen LogP contribution in [-0.2, 0) is 4.79 Å². The summed E-state index contributed by atoms with van der Waals surface area (Å²) in [6.45, 7) is 12.3. The number of hydrogen-bond donors (Lipinski definition) is 0. The predicted molar refractivity (Wildman–Crippen MR) is 137 cm³/mol. The van der Waals surface area contributed by atoms with Crippen LogP contribution in [0.3, 0.4) is 0 Å². The van der Waals surface area contributed by atoms with Gasteiger partial charge in [-0.1, -0.05) is 25.1 Å². The van der Waals surface area contributed by atoms with Crippen LogP contribution in [0.25, 0.3) is 11.4 Å². The summed E-state index contributed by atoms with van der Waals surface area (Å²) in [5, 5.41) is 5.01. The van der Waals surface area contributed by atoms with Gasteiger partial charge in [0.15, 0.2) is 5.82 Å². The molecule has 1 aromatic carbocycles. The van der Waals surface area contributed by atoms with Gasteiger partial charge in [-0.3, -0.25) is 4.79 Å². The molecule has 2 aromatic heterocycles. The fraction of sp³-hybridized carbons (Fsp3) is 0.500. The van der Waals surface area contributed by atoms with Gasteiger partial charge in [0.25, 0.3) is 0 Å². The van der Waals surface area contributed by atoms with Gasteiger partial charge in [-0.15, -0.1) is 0 Å². The molecule has 2 aliphatic rings. The number of anilines is 1. The van der Waals surface area contributed by atoms with Crippen LogP contribution >= 0.6 is 0 Å². The number of hydrogen-bond acceptors (Lipinski definition) is 3. The predicted octanol–water partition coefficient (Wildman–Crippen LogP) is 5.06. The summed E-state index contributed by atoms with van der Waals surface area (Å²) in [4.78, 5) is 17.8. The van der Waals surface area contributed by atoms with Crippen LogP contribution in [0.5, 0.6) is 0 Å². The number of rotatable bonds is 4. The molecule has 0 unspecified atom stereocenters. The third kappa shape index (κ3) is 4.15. The van der Waals surface area contributed by atoms with Crippen molar-refractivity contribution in [2.75, 3.05) is 31.1 Å². The second kappa shape index (κ2) is 9.32. The Morgan fingerprint density at radius 3 is 2.09 bits per heavy atom. The number of piperidine rings is 2. The minimum absolute atomic E-state index is 0.136. The van der Waals surface area contributed by atoms with Gasteiger partial charge in [0.05, 0.1) is 11.4 Å². The summed E-state index contributed by atoms with van der Waals surface area (Å²) < 4.78 is 4.42. The van der Waals surface area contributed by atoms with Crippen molar-refractivity contribution in [2.45, 2.75) is 53.4 Å². The molecule has 0 N–H and O–H groups in total. The lowest BCUT2D eigenvalue weighted by molar-refractivity contribution is -0.137. The minimum atomic E-state index is 0.136. The normalized spacial score (nSPS) is 18.0. The zero-order chi connectivity index (χ0) is 23.8. The van der Waals surface area contributed by atoms with Crippen LogP contribution in [0.2, 0.25) is 0 Å². The standard InChI is InChI=1S/C28H37N5O/c1-20-12-16-31(17-13-20)28(34)24-14-18-30(19-15-24)27-26(32-21(2)10-11-22(32)3)23(4)29-33(27)25-8-6-5-7-9-25/h5-11,20,24H,12-19H2,1-4H3. The first kappa shape index (κ1) is 22.8. The third-order valence-electron chi connectivity index (χ3n) is 7.74. The van der Waals surface area contributed by atoms with Gasteiger partial charge in [-0.05, 0) is 76.6 Å². The SMILES string of the molecule is Cc1nn(-c2ccccc2)c(N2CCC(C(=O)N3CCC(C)CC3)CC2)c1-n1c(C)ccc1C. The van der Waals surface area contributed by atoms with Crippen molar-refractivity contribution in [3.63, 3.8) is 0 Å². The molecule has 0 saturated carbocycles. The average molecular weight is 460 g/mol. The van der Waals surface area contributed by atoms with E-state index >= 15 is 0 Å². The Labute approximate surface area is 203 Å². The van der Waals surface area contributed by atoms with E-state index in [9.17, 15) is 4.79 Å². The number of benzene rings is 1. The molecule has 6 heteroatoms. The summed E-state index contributed by atoms with van der Waals surface area (Å²) in [5.74, 6) is 2.38. The first-order valence-electron chi connectivity index (χ1n) is 12.8. The molecule has 6 nitrogen and oxygen atoms in total. The zero-order valence-corrected chi connectivity index (χ0v) is 21.0. The lowest BCUT2D eigenvalue weighted by Gasteiger charge is -2.37. The molecule has 0 radical (unpaired) electrons. The third-order valence-corrected chi connectivity index (χ3v) is 7.74. The maximum absolute atomic E-state index is 13.2. The molecule has 180 valence electrons. The van der Waals surface area contributed by atoms with Gasteiger partial charge in [0, 0.05) is 43.5 Å². The Hall–Kier alpha value is -3.02. The second-order valence-corrected chi connectivity index (χ2v) is 10.2. The smallest absolute Gasteiger partial charge is 0.225 e. The van der Waals surface area contributed by atoms with E-state index in [2.05, 4.69) is 83.1 Å². The number of nitrogens with zero attached hydrogens (tertiary/aromatic N) is 5. The summed E-state index contributed by atoms with van der Waals surface area (Å²) in [5.41, 5.74) is 5.65. The number of aryl methyl sites for hydroxylation is 3. The van der Waals surface area contributed by atoms with E-state index in [1.54, 1.807) is 0 Å². The Balaban J connectivity index is 1.45. The summed E-state index contributed by atoms with van der Waals surface area (Å²) in [6.07, 6.45) is 4.07. The Morgan fingerprint density at radius 1 is 0.853 bits per heavy atom. The average Bonchev–Trinajstić information content (AvgIpc) is 3.37. The van der Waals surface area contributed by atoms with E-state index in [0.717, 1.165) is 80.7 Å². The van der Waals surface area contributed by atoms with E-state index in [4.69, 9.17) is 5.10 Å². The highest BCUT2D eigenvalue weighted by atomic mass is 16.2. The van der Waals surface area contributed by atoms with Gasteiger partial charge >= 0.3 is 0 Å². The topological polar surface area (TPSA) is 46.3 Å². The fourth-order valence-electron chi connectivity index (χ4n) is 5.65. The van der Waals surface area contributed by atoms with Crippen molar-refractivity contribution in [1.29, 1.82) is 0 Å². The van der Waals surface area contributed by atoms with Crippen molar-refractivity contribution < 1.29 is 4.79 Å². The number of aromatic nitrogens is 3. The molecule has 3 aromatic rings. The van der Waals surface area contributed by atoms with Crippen LogP contribution in [0, 0.1) is 32.6 Å². The number of amides is 1. The van der Waals surface area contributed by atoms with E-state index in [0.29, 0.717) is 5.91 Å². The van der Waals surface area contributed by atoms with E-state index in [-0.39, 0.29) is 5.92 Å². The molecule has 0 bridgehead atoms. The van der Waals surface area contributed by atoms with Crippen molar-refractivity contribution >= 4 is 11.7 Å². The summed E-state index contributed by atoms with van der Waals surface area (Å²) >= 11 is 0. The van der Waals surface area contributed by atoms with Crippen LogP contribution in [0.4, 0.5) is 5.82 Å². The Kier molecular flexibility index (Phi) is 6.24. The molecule has 1 amide bonds. The van der Waals surface area contributed by atoms with Gasteiger partial charge in [-0.25, -0.2) is 4.68 Å². The number of carbonyl (C=O) groups excluding carboxylic acids is 1. The van der Waals surface area contributed by atoms with Gasteiger partial charge < -0.3 is 14.4 Å². The van der Waals surface area contributed by atoms with E-state index in [1.807, 2.05) is 6.07 Å². The fourth-order valence-corrected chi connectivity index (χ4v) is 5.65. The largest absolute Gasteiger partial charge is 0.355 e. The lowest BCUT2D eigenvalue weighted by atomic mass is 9.92. The van der Waals surface area contributed by atoms with E-state index < -0.39 is 0 Å². The first-order chi connectivity index (χ1) is 16.4. The van der Waals surface area contributed by atoms with Gasteiger partial charge in [0.1, 0.15) is 5.69 Å². The van der Waals surface area contributed by atoms with Crippen molar-refractivity contribution in [3.05, 3.63) is 59.5 Å². The highest BCUT2D eigenvalue weighted by Crippen LogP contribution is 2.35. The van der Waals surface area contributed by atoms with Gasteiger partial charge in [-0.2, -0.15) is 5.10 Å². The van der Waals surface area contributed by atoms with Crippen LogP contribution in [-0.4, -0.2) is 51.3 Å². The molecule has 2 fully saturated rings. The molecule has 2 saturated heterocycles. The molecule has 5 rings (SSSR count). The van der Waals surface area contributed by atoms with Crippen LogP contribution in [0.1, 0.15) is 49.7 Å². The molecule has 0 atom stereocenters. The second-order valence-electron chi connectivity index (χ2n) is 10.2. The number of para-hydroxylation sites is 1. The summed E-state index contributed by atoms with van der Waals surface area (Å²) in [6, 6.07) is 14.7. The van der Waals surface area contributed by atoms with Crippen molar-refractivity contribution in [3.8, 4) is 11.4 Å². The maximum Gasteiger partial charge on any atom is 0.225 e.